The van der Waals surface area contributed by atoms with Crippen LogP contribution in [0.4, 0.5) is 17.1 Å². The Morgan fingerprint density at radius 3 is 2.67 bits per heavy atom. The first-order valence-corrected chi connectivity index (χ1v) is 6.72. The van der Waals surface area contributed by atoms with Crippen LogP contribution >= 0.6 is 0 Å². The molecule has 0 aliphatic heterocycles. The van der Waals surface area contributed by atoms with Crippen molar-refractivity contribution in [2.75, 3.05) is 10.6 Å². The molecule has 0 unspecified atom stereocenters. The quantitative estimate of drug-likeness (QED) is 0.255. The Labute approximate surface area is 136 Å². The number of nitro groups is 1. The fourth-order valence-corrected chi connectivity index (χ4v) is 1.78. The standard InChI is InChI=1S/C16H12N4O4/c17-9-11(16(22)19-14-6-1-2-7-15(14)21)10-18-12-4-3-5-13(8-12)20(23)24/h1-8,10,18,21H,(H,19,22)/b11-10-. The highest BCUT2D eigenvalue weighted by molar-refractivity contribution is 6.07. The summed E-state index contributed by atoms with van der Waals surface area (Å²) < 4.78 is 0. The number of non-ortho nitro benzene ring substituents is 1. The van der Waals surface area contributed by atoms with E-state index in [1.165, 1.54) is 30.3 Å². The van der Waals surface area contributed by atoms with Crippen LogP contribution in [0.15, 0.2) is 60.3 Å². The smallest absolute Gasteiger partial charge is 0.271 e. The Balaban J connectivity index is 2.13. The number of nitro benzene ring substituents is 1. The zero-order valence-electron chi connectivity index (χ0n) is 12.3. The van der Waals surface area contributed by atoms with Crippen molar-refractivity contribution in [2.24, 2.45) is 0 Å². The molecule has 0 aliphatic carbocycles. The lowest BCUT2D eigenvalue weighted by Gasteiger charge is -2.06. The Morgan fingerprint density at radius 2 is 2.00 bits per heavy atom. The van der Waals surface area contributed by atoms with E-state index in [1.54, 1.807) is 24.3 Å². The third kappa shape index (κ3) is 4.08. The molecule has 0 aromatic heterocycles. The van der Waals surface area contributed by atoms with Gasteiger partial charge in [-0.3, -0.25) is 14.9 Å². The average molecular weight is 324 g/mol. The average Bonchev–Trinajstić information content (AvgIpc) is 2.57. The summed E-state index contributed by atoms with van der Waals surface area (Å²) in [6, 6.07) is 13.4. The fraction of sp³-hybridized carbons (Fsp3) is 0. The minimum absolute atomic E-state index is 0.120. The first kappa shape index (κ1) is 16.5. The van der Waals surface area contributed by atoms with Crippen LogP contribution in [0.2, 0.25) is 0 Å². The maximum Gasteiger partial charge on any atom is 0.271 e. The molecule has 120 valence electrons. The van der Waals surface area contributed by atoms with E-state index >= 15 is 0 Å². The lowest BCUT2D eigenvalue weighted by molar-refractivity contribution is -0.384. The van der Waals surface area contributed by atoms with Crippen LogP contribution in [0.5, 0.6) is 5.75 Å². The van der Waals surface area contributed by atoms with Crippen molar-refractivity contribution in [2.45, 2.75) is 0 Å². The number of amides is 1. The summed E-state index contributed by atoms with van der Waals surface area (Å²) in [6.07, 6.45) is 1.13. The lowest BCUT2D eigenvalue weighted by Crippen LogP contribution is -2.14. The van der Waals surface area contributed by atoms with Crippen LogP contribution in [0.3, 0.4) is 0 Å². The molecule has 0 saturated carbocycles. The van der Waals surface area contributed by atoms with Crippen molar-refractivity contribution in [3.63, 3.8) is 0 Å². The molecular weight excluding hydrogens is 312 g/mol. The largest absolute Gasteiger partial charge is 0.506 e. The highest BCUT2D eigenvalue weighted by Gasteiger charge is 2.11. The maximum absolute atomic E-state index is 12.0. The molecule has 2 rings (SSSR count). The van der Waals surface area contributed by atoms with Crippen molar-refractivity contribution in [3.05, 3.63) is 70.4 Å². The first-order valence-electron chi connectivity index (χ1n) is 6.72. The lowest BCUT2D eigenvalue weighted by atomic mass is 10.2. The van der Waals surface area contributed by atoms with Crippen molar-refractivity contribution in [3.8, 4) is 11.8 Å². The van der Waals surface area contributed by atoms with Gasteiger partial charge in [0.2, 0.25) is 0 Å². The van der Waals surface area contributed by atoms with Gasteiger partial charge >= 0.3 is 0 Å². The molecule has 2 aromatic carbocycles. The number of phenols is 1. The zero-order valence-corrected chi connectivity index (χ0v) is 12.3. The molecule has 0 heterocycles. The topological polar surface area (TPSA) is 128 Å². The Bertz CT molecular complexity index is 855. The molecule has 2 aromatic rings. The second-order valence-corrected chi connectivity index (χ2v) is 4.59. The van der Waals surface area contributed by atoms with Crippen LogP contribution in [0.25, 0.3) is 0 Å². The van der Waals surface area contributed by atoms with Gasteiger partial charge in [0.25, 0.3) is 11.6 Å². The number of carbonyl (C=O) groups excluding carboxylic acids is 1. The third-order valence-corrected chi connectivity index (χ3v) is 2.96. The molecule has 8 heteroatoms. The summed E-state index contributed by atoms with van der Waals surface area (Å²) in [7, 11) is 0. The van der Waals surface area contributed by atoms with E-state index in [0.29, 0.717) is 5.69 Å². The predicted molar refractivity (Wildman–Crippen MR) is 87.2 cm³/mol. The predicted octanol–water partition coefficient (Wildman–Crippen LogP) is 2.76. The number of para-hydroxylation sites is 2. The molecule has 0 fully saturated rings. The van der Waals surface area contributed by atoms with Crippen molar-refractivity contribution in [1.82, 2.24) is 0 Å². The van der Waals surface area contributed by atoms with Crippen LogP contribution in [0.1, 0.15) is 0 Å². The summed E-state index contributed by atoms with van der Waals surface area (Å²) in [5, 5.41) is 34.5. The molecule has 0 radical (unpaired) electrons. The molecule has 1 amide bonds. The first-order chi connectivity index (χ1) is 11.5. The van der Waals surface area contributed by atoms with E-state index < -0.39 is 10.8 Å². The molecule has 3 N–H and O–H groups in total. The minimum atomic E-state index is -0.725. The van der Waals surface area contributed by atoms with Gasteiger partial charge in [-0.25, -0.2) is 0 Å². The summed E-state index contributed by atoms with van der Waals surface area (Å²) in [5.74, 6) is -0.855. The number of nitrogens with one attached hydrogen (secondary N) is 2. The molecule has 0 aliphatic rings. The number of aromatic hydroxyl groups is 1. The van der Waals surface area contributed by atoms with Gasteiger partial charge in [-0.15, -0.1) is 0 Å². The number of nitrogens with zero attached hydrogens (tertiary/aromatic N) is 2. The highest BCUT2D eigenvalue weighted by Crippen LogP contribution is 2.22. The molecule has 0 bridgehead atoms. The van der Waals surface area contributed by atoms with Crippen molar-refractivity contribution >= 4 is 23.0 Å². The molecule has 0 saturated heterocycles. The van der Waals surface area contributed by atoms with E-state index in [4.69, 9.17) is 5.26 Å². The number of carbonyl (C=O) groups is 1. The summed E-state index contributed by atoms with van der Waals surface area (Å²) in [4.78, 5) is 22.2. The van der Waals surface area contributed by atoms with Gasteiger partial charge in [-0.1, -0.05) is 18.2 Å². The molecule has 8 nitrogen and oxygen atoms in total. The van der Waals surface area contributed by atoms with Crippen LogP contribution in [-0.4, -0.2) is 15.9 Å². The van der Waals surface area contributed by atoms with E-state index in [0.717, 1.165) is 6.20 Å². The van der Waals surface area contributed by atoms with Gasteiger partial charge in [0.1, 0.15) is 17.4 Å². The zero-order chi connectivity index (χ0) is 17.5. The highest BCUT2D eigenvalue weighted by atomic mass is 16.6. The van der Waals surface area contributed by atoms with Gasteiger partial charge in [-0.05, 0) is 18.2 Å². The molecular formula is C16H12N4O4. The van der Waals surface area contributed by atoms with Gasteiger partial charge in [-0.2, -0.15) is 5.26 Å². The van der Waals surface area contributed by atoms with E-state index in [2.05, 4.69) is 10.6 Å². The van der Waals surface area contributed by atoms with Crippen molar-refractivity contribution < 1.29 is 14.8 Å². The molecule has 0 spiro atoms. The Hall–Kier alpha value is -3.86. The molecule has 24 heavy (non-hydrogen) atoms. The Morgan fingerprint density at radius 1 is 1.25 bits per heavy atom. The maximum atomic E-state index is 12.0. The van der Waals surface area contributed by atoms with E-state index in [9.17, 15) is 20.0 Å². The second-order valence-electron chi connectivity index (χ2n) is 4.59. The monoisotopic (exact) mass is 324 g/mol. The number of hydrogen-bond acceptors (Lipinski definition) is 6. The van der Waals surface area contributed by atoms with Gasteiger partial charge < -0.3 is 15.7 Å². The van der Waals surface area contributed by atoms with Crippen LogP contribution in [-0.2, 0) is 4.79 Å². The third-order valence-electron chi connectivity index (χ3n) is 2.96. The number of benzene rings is 2. The fourth-order valence-electron chi connectivity index (χ4n) is 1.78. The van der Waals surface area contributed by atoms with Crippen molar-refractivity contribution in [1.29, 1.82) is 5.26 Å². The number of rotatable bonds is 5. The number of nitriles is 1. The minimum Gasteiger partial charge on any atom is -0.506 e. The van der Waals surface area contributed by atoms with Gasteiger partial charge in [0, 0.05) is 24.0 Å². The van der Waals surface area contributed by atoms with Gasteiger partial charge in [0.15, 0.2) is 0 Å². The van der Waals surface area contributed by atoms with E-state index in [1.807, 2.05) is 0 Å². The number of anilines is 2. The normalized spacial score (nSPS) is 10.5. The summed E-state index contributed by atoms with van der Waals surface area (Å²) in [5.41, 5.74) is 0.140. The van der Waals surface area contributed by atoms with Crippen LogP contribution in [0, 0.1) is 21.4 Å². The second kappa shape index (κ2) is 7.42. The van der Waals surface area contributed by atoms with E-state index in [-0.39, 0.29) is 22.7 Å². The Kier molecular flexibility index (Phi) is 5.10. The van der Waals surface area contributed by atoms with Gasteiger partial charge in [0.05, 0.1) is 10.6 Å². The molecule has 0 atom stereocenters. The van der Waals surface area contributed by atoms with Crippen LogP contribution < -0.4 is 10.6 Å². The number of hydrogen-bond donors (Lipinski definition) is 3. The summed E-state index contributed by atoms with van der Waals surface area (Å²) in [6.45, 7) is 0. The summed E-state index contributed by atoms with van der Waals surface area (Å²) >= 11 is 0. The number of phenolic OH excluding ortho intramolecular Hbond substituents is 1. The SMILES string of the molecule is N#C/C(=C/Nc1cccc([N+](=O)[O-])c1)C(=O)Nc1ccccc1O.